The Morgan fingerprint density at radius 1 is 1.35 bits per heavy atom. The van der Waals surface area contributed by atoms with Gasteiger partial charge in [0.15, 0.2) is 0 Å². The van der Waals surface area contributed by atoms with Crippen LogP contribution in [0.4, 0.5) is 0 Å². The average molecular weight is 273 g/mol. The molecule has 0 aliphatic rings. The van der Waals surface area contributed by atoms with Gasteiger partial charge < -0.3 is 0 Å². The molecule has 92 valence electrons. The summed E-state index contributed by atoms with van der Waals surface area (Å²) < 4.78 is 25.7. The smallest absolute Gasteiger partial charge is 0.207 e. The number of hydrogen-bond donors (Lipinski definition) is 0. The Kier molecular flexibility index (Phi) is 4.52. The van der Waals surface area contributed by atoms with Crippen LogP contribution in [0.15, 0.2) is 23.1 Å². The van der Waals surface area contributed by atoms with Crippen molar-refractivity contribution < 1.29 is 8.42 Å². The van der Waals surface area contributed by atoms with Gasteiger partial charge >= 0.3 is 0 Å². The highest BCUT2D eigenvalue weighted by Crippen LogP contribution is 2.25. The number of hydrogen-bond acceptors (Lipinski definition) is 3. The molecule has 0 spiro atoms. The minimum absolute atomic E-state index is 0.0434. The van der Waals surface area contributed by atoms with Crippen LogP contribution in [0.1, 0.15) is 19.4 Å². The molecule has 0 aromatic heterocycles. The molecule has 0 amide bonds. The number of sulfonamides is 1. The van der Waals surface area contributed by atoms with E-state index in [9.17, 15) is 8.42 Å². The van der Waals surface area contributed by atoms with Gasteiger partial charge in [0.1, 0.15) is 4.90 Å². The fourth-order valence-electron chi connectivity index (χ4n) is 1.48. The van der Waals surface area contributed by atoms with Crippen LogP contribution in [0.2, 0.25) is 5.02 Å². The van der Waals surface area contributed by atoms with Gasteiger partial charge in [0, 0.05) is 13.1 Å². The zero-order valence-electron chi connectivity index (χ0n) is 9.64. The molecular formula is C11H13ClN2O2S. The van der Waals surface area contributed by atoms with Crippen LogP contribution < -0.4 is 0 Å². The summed E-state index contributed by atoms with van der Waals surface area (Å²) in [5.74, 6) is 0. The van der Waals surface area contributed by atoms with Crippen molar-refractivity contribution in [1.82, 2.24) is 4.31 Å². The quantitative estimate of drug-likeness (QED) is 0.844. The first-order chi connectivity index (χ1) is 7.97. The molecule has 1 aromatic rings. The number of rotatable bonds is 4. The molecule has 0 aliphatic carbocycles. The first kappa shape index (κ1) is 14.0. The number of nitrogens with zero attached hydrogens (tertiary/aromatic N) is 2. The van der Waals surface area contributed by atoms with E-state index in [2.05, 4.69) is 0 Å². The summed E-state index contributed by atoms with van der Waals surface area (Å²) in [7, 11) is -3.56. The third-order valence-electron chi connectivity index (χ3n) is 2.38. The second-order valence-electron chi connectivity index (χ2n) is 3.35. The Morgan fingerprint density at radius 2 is 1.94 bits per heavy atom. The van der Waals surface area contributed by atoms with Crippen molar-refractivity contribution >= 4 is 21.6 Å². The van der Waals surface area contributed by atoms with Crippen LogP contribution in [0.5, 0.6) is 0 Å². The van der Waals surface area contributed by atoms with Crippen LogP contribution in [0, 0.1) is 11.3 Å². The lowest BCUT2D eigenvalue weighted by atomic mass is 10.2. The summed E-state index contributed by atoms with van der Waals surface area (Å²) in [5, 5.41) is 8.77. The molecule has 0 radical (unpaired) electrons. The highest BCUT2D eigenvalue weighted by atomic mass is 35.5. The molecule has 0 fully saturated rings. The topological polar surface area (TPSA) is 61.2 Å². The summed E-state index contributed by atoms with van der Waals surface area (Å²) in [4.78, 5) is 0.0434. The van der Waals surface area contributed by atoms with E-state index < -0.39 is 10.0 Å². The number of benzene rings is 1. The van der Waals surface area contributed by atoms with E-state index in [1.165, 1.54) is 22.5 Å². The molecule has 6 heteroatoms. The van der Waals surface area contributed by atoms with Gasteiger partial charge in [-0.05, 0) is 18.2 Å². The van der Waals surface area contributed by atoms with E-state index in [-0.39, 0.29) is 9.92 Å². The highest BCUT2D eigenvalue weighted by Gasteiger charge is 2.24. The summed E-state index contributed by atoms with van der Waals surface area (Å²) >= 11 is 5.89. The first-order valence-corrected chi connectivity index (χ1v) is 6.99. The molecule has 0 saturated carbocycles. The Hall–Kier alpha value is -1.09. The molecule has 0 aliphatic heterocycles. The SMILES string of the molecule is CCN(CC)S(=O)(=O)c1ccc(C#N)cc1Cl. The molecule has 0 heterocycles. The van der Waals surface area contributed by atoms with Gasteiger partial charge in [-0.3, -0.25) is 0 Å². The van der Waals surface area contributed by atoms with Crippen molar-refractivity contribution in [3.63, 3.8) is 0 Å². The monoisotopic (exact) mass is 272 g/mol. The van der Waals surface area contributed by atoms with E-state index in [1.54, 1.807) is 13.8 Å². The molecule has 1 aromatic carbocycles. The minimum atomic E-state index is -3.56. The van der Waals surface area contributed by atoms with Gasteiger partial charge in [0.2, 0.25) is 10.0 Å². The van der Waals surface area contributed by atoms with Crippen molar-refractivity contribution in [1.29, 1.82) is 5.26 Å². The van der Waals surface area contributed by atoms with Crippen molar-refractivity contribution in [2.45, 2.75) is 18.7 Å². The average Bonchev–Trinajstić information content (AvgIpc) is 2.29. The van der Waals surface area contributed by atoms with Gasteiger partial charge in [0.25, 0.3) is 0 Å². The standard InChI is InChI=1S/C11H13ClN2O2S/c1-3-14(4-2)17(15,16)11-6-5-9(8-13)7-10(11)12/h5-7H,3-4H2,1-2H3. The second-order valence-corrected chi connectivity index (χ2v) is 5.66. The van der Waals surface area contributed by atoms with Gasteiger partial charge in [-0.2, -0.15) is 9.57 Å². The van der Waals surface area contributed by atoms with E-state index in [0.29, 0.717) is 18.7 Å². The van der Waals surface area contributed by atoms with E-state index in [0.717, 1.165) is 0 Å². The number of nitriles is 1. The molecule has 0 bridgehead atoms. The lowest BCUT2D eigenvalue weighted by Crippen LogP contribution is -2.30. The van der Waals surface area contributed by atoms with Gasteiger partial charge in [-0.25, -0.2) is 8.42 Å². The van der Waals surface area contributed by atoms with Gasteiger partial charge in [-0.15, -0.1) is 0 Å². The molecule has 17 heavy (non-hydrogen) atoms. The Labute approximate surface area is 106 Å². The van der Waals surface area contributed by atoms with Crippen LogP contribution >= 0.6 is 11.6 Å². The third kappa shape index (κ3) is 2.78. The summed E-state index contributed by atoms with van der Waals surface area (Å²) in [5.41, 5.74) is 0.341. The maximum atomic E-state index is 12.2. The van der Waals surface area contributed by atoms with Gasteiger partial charge in [0.05, 0.1) is 16.7 Å². The summed E-state index contributed by atoms with van der Waals surface area (Å²) in [6, 6.07) is 6.09. The van der Waals surface area contributed by atoms with Gasteiger partial charge in [-0.1, -0.05) is 25.4 Å². The molecule has 0 atom stereocenters. The van der Waals surface area contributed by atoms with Crippen LogP contribution in [0.25, 0.3) is 0 Å². The Balaban J connectivity index is 3.30. The number of halogens is 1. The van der Waals surface area contributed by atoms with Crippen LogP contribution in [-0.4, -0.2) is 25.8 Å². The second kappa shape index (κ2) is 5.50. The minimum Gasteiger partial charge on any atom is -0.207 e. The molecule has 0 unspecified atom stereocenters. The van der Waals surface area contributed by atoms with Crippen molar-refractivity contribution in [3.8, 4) is 6.07 Å². The molecule has 1 rings (SSSR count). The van der Waals surface area contributed by atoms with E-state index in [4.69, 9.17) is 16.9 Å². The zero-order valence-corrected chi connectivity index (χ0v) is 11.2. The molecule has 0 saturated heterocycles. The Morgan fingerprint density at radius 3 is 2.35 bits per heavy atom. The zero-order chi connectivity index (χ0) is 13.1. The third-order valence-corrected chi connectivity index (χ3v) is 4.92. The molecule has 0 N–H and O–H groups in total. The van der Waals surface area contributed by atoms with Crippen molar-refractivity contribution in [3.05, 3.63) is 28.8 Å². The fraction of sp³-hybridized carbons (Fsp3) is 0.364. The van der Waals surface area contributed by atoms with Crippen molar-refractivity contribution in [2.75, 3.05) is 13.1 Å². The summed E-state index contributed by atoms with van der Waals surface area (Å²) in [6.07, 6.45) is 0. The normalized spacial score (nSPS) is 11.5. The molecule has 4 nitrogen and oxygen atoms in total. The predicted octanol–water partition coefficient (Wildman–Crippen LogP) is 2.24. The predicted molar refractivity (Wildman–Crippen MR) is 66.3 cm³/mol. The largest absolute Gasteiger partial charge is 0.244 e. The maximum Gasteiger partial charge on any atom is 0.244 e. The first-order valence-electron chi connectivity index (χ1n) is 5.17. The van der Waals surface area contributed by atoms with Crippen molar-refractivity contribution in [2.24, 2.45) is 0 Å². The summed E-state index contributed by atoms with van der Waals surface area (Å²) in [6.45, 7) is 4.29. The highest BCUT2D eigenvalue weighted by molar-refractivity contribution is 7.89. The molecular weight excluding hydrogens is 260 g/mol. The maximum absolute atomic E-state index is 12.2. The lowest BCUT2D eigenvalue weighted by Gasteiger charge is -2.19. The van der Waals surface area contributed by atoms with Crippen LogP contribution in [-0.2, 0) is 10.0 Å². The fourth-order valence-corrected chi connectivity index (χ4v) is 3.46. The van der Waals surface area contributed by atoms with Crippen LogP contribution in [0.3, 0.4) is 0 Å². The van der Waals surface area contributed by atoms with E-state index >= 15 is 0 Å². The lowest BCUT2D eigenvalue weighted by molar-refractivity contribution is 0.445. The Bertz CT molecular complexity index is 545. The van der Waals surface area contributed by atoms with E-state index in [1.807, 2.05) is 6.07 Å².